The van der Waals surface area contributed by atoms with Gasteiger partial charge < -0.3 is 9.47 Å². The van der Waals surface area contributed by atoms with Gasteiger partial charge >= 0.3 is 0 Å². The molecule has 3 rings (SSSR count). The van der Waals surface area contributed by atoms with Gasteiger partial charge in [-0.3, -0.25) is 0 Å². The van der Waals surface area contributed by atoms with Crippen LogP contribution in [-0.2, 0) is 12.8 Å². The first-order valence-electron chi connectivity index (χ1n) is 6.82. The van der Waals surface area contributed by atoms with Crippen molar-refractivity contribution in [2.24, 2.45) is 0 Å². The van der Waals surface area contributed by atoms with Crippen molar-refractivity contribution < 1.29 is 9.47 Å². The lowest BCUT2D eigenvalue weighted by molar-refractivity contribution is 0.409. The third-order valence-corrected chi connectivity index (χ3v) is 3.76. The molecule has 0 radical (unpaired) electrons. The summed E-state index contributed by atoms with van der Waals surface area (Å²) in [5.41, 5.74) is 4.86. The highest BCUT2D eigenvalue weighted by atomic mass is 16.5. The van der Waals surface area contributed by atoms with E-state index in [-0.39, 0.29) is 0 Å². The summed E-state index contributed by atoms with van der Waals surface area (Å²) >= 11 is 0. The Morgan fingerprint density at radius 3 is 1.55 bits per heavy atom. The maximum Gasteiger partial charge on any atom is 0.127 e. The van der Waals surface area contributed by atoms with Crippen molar-refractivity contribution >= 4 is 0 Å². The van der Waals surface area contributed by atoms with Crippen LogP contribution in [0, 0.1) is 0 Å². The maximum atomic E-state index is 5.59. The molecule has 0 unspecified atom stereocenters. The molecule has 0 saturated carbocycles. The predicted octanol–water partition coefficient (Wildman–Crippen LogP) is 4.03. The summed E-state index contributed by atoms with van der Waals surface area (Å²) in [7, 11) is 3.44. The van der Waals surface area contributed by atoms with E-state index in [9.17, 15) is 0 Å². The quantitative estimate of drug-likeness (QED) is 0.764. The van der Waals surface area contributed by atoms with Crippen LogP contribution in [0.25, 0.3) is 11.1 Å². The SMILES string of the molecule is COc1cccc2c1-c1c(cccc1OC)C/C=C\C2. The van der Waals surface area contributed by atoms with Crippen LogP contribution in [0.1, 0.15) is 11.1 Å². The molecule has 0 fully saturated rings. The minimum absolute atomic E-state index is 0.906. The molecule has 2 aromatic rings. The molecule has 0 atom stereocenters. The van der Waals surface area contributed by atoms with Crippen LogP contribution in [0.3, 0.4) is 0 Å². The fourth-order valence-electron chi connectivity index (χ4n) is 2.82. The Balaban J connectivity index is 2.36. The molecule has 0 spiro atoms. The van der Waals surface area contributed by atoms with Crippen LogP contribution < -0.4 is 9.47 Å². The monoisotopic (exact) mass is 266 g/mol. The van der Waals surface area contributed by atoms with Gasteiger partial charge in [0.05, 0.1) is 14.2 Å². The second-order valence-electron chi connectivity index (χ2n) is 4.87. The lowest BCUT2D eigenvalue weighted by Crippen LogP contribution is -2.01. The number of rotatable bonds is 2. The molecule has 20 heavy (non-hydrogen) atoms. The minimum atomic E-state index is 0.906. The molecule has 0 aliphatic heterocycles. The summed E-state index contributed by atoms with van der Waals surface area (Å²) in [6.07, 6.45) is 6.29. The molecule has 1 aliphatic rings. The molecule has 2 nitrogen and oxygen atoms in total. The Morgan fingerprint density at radius 2 is 1.15 bits per heavy atom. The highest BCUT2D eigenvalue weighted by Gasteiger charge is 2.19. The number of ether oxygens (including phenoxy) is 2. The van der Waals surface area contributed by atoms with Crippen LogP contribution >= 0.6 is 0 Å². The van der Waals surface area contributed by atoms with Crippen molar-refractivity contribution in [2.75, 3.05) is 14.2 Å². The van der Waals surface area contributed by atoms with E-state index in [2.05, 4.69) is 24.3 Å². The van der Waals surface area contributed by atoms with Crippen LogP contribution in [0.2, 0.25) is 0 Å². The molecule has 0 amide bonds. The Hall–Kier alpha value is -2.22. The second-order valence-corrected chi connectivity index (χ2v) is 4.87. The molecule has 2 aromatic carbocycles. The zero-order valence-corrected chi connectivity index (χ0v) is 11.8. The highest BCUT2D eigenvalue weighted by molar-refractivity contribution is 5.82. The van der Waals surface area contributed by atoms with Gasteiger partial charge in [0.25, 0.3) is 0 Å². The first-order chi connectivity index (χ1) is 9.85. The fraction of sp³-hybridized carbons (Fsp3) is 0.222. The molecule has 0 saturated heterocycles. The zero-order chi connectivity index (χ0) is 13.9. The first-order valence-corrected chi connectivity index (χ1v) is 6.82. The van der Waals surface area contributed by atoms with Gasteiger partial charge in [-0.1, -0.05) is 36.4 Å². The average molecular weight is 266 g/mol. The first kappa shape index (κ1) is 12.8. The lowest BCUT2D eigenvalue weighted by Gasteiger charge is -2.20. The maximum absolute atomic E-state index is 5.59. The summed E-state index contributed by atoms with van der Waals surface area (Å²) in [6.45, 7) is 0. The highest BCUT2D eigenvalue weighted by Crippen LogP contribution is 2.42. The van der Waals surface area contributed by atoms with E-state index in [1.807, 2.05) is 24.3 Å². The molecule has 102 valence electrons. The third-order valence-electron chi connectivity index (χ3n) is 3.76. The number of allylic oxidation sites excluding steroid dienone is 2. The summed E-state index contributed by atoms with van der Waals surface area (Å²) < 4.78 is 11.2. The number of hydrogen-bond donors (Lipinski definition) is 0. The van der Waals surface area contributed by atoms with Crippen LogP contribution in [0.5, 0.6) is 11.5 Å². The number of fused-ring (bicyclic) bond motifs is 3. The van der Waals surface area contributed by atoms with Crippen molar-refractivity contribution in [1.29, 1.82) is 0 Å². The molecule has 0 N–H and O–H groups in total. The van der Waals surface area contributed by atoms with Gasteiger partial charge in [0.2, 0.25) is 0 Å². The van der Waals surface area contributed by atoms with Crippen LogP contribution in [0.15, 0.2) is 48.6 Å². The topological polar surface area (TPSA) is 18.5 Å². The third kappa shape index (κ3) is 2.07. The zero-order valence-electron chi connectivity index (χ0n) is 11.8. The van der Waals surface area contributed by atoms with E-state index in [1.165, 1.54) is 11.1 Å². The predicted molar refractivity (Wildman–Crippen MR) is 81.5 cm³/mol. The Bertz CT molecular complexity index is 599. The standard InChI is InChI=1S/C18H18O2/c1-19-15-11-5-9-13-7-3-4-8-14-10-6-12-16(20-2)18(14)17(13)15/h3-6,9-12H,7-8H2,1-2H3/b4-3-. The van der Waals surface area contributed by atoms with Gasteiger partial charge in [0.1, 0.15) is 11.5 Å². The van der Waals surface area contributed by atoms with Gasteiger partial charge in [-0.05, 0) is 36.1 Å². The van der Waals surface area contributed by atoms with Crippen molar-refractivity contribution in [3.8, 4) is 22.6 Å². The van der Waals surface area contributed by atoms with E-state index in [0.29, 0.717) is 0 Å². The largest absolute Gasteiger partial charge is 0.496 e. The van der Waals surface area contributed by atoms with E-state index < -0.39 is 0 Å². The van der Waals surface area contributed by atoms with Gasteiger partial charge in [-0.2, -0.15) is 0 Å². The van der Waals surface area contributed by atoms with Gasteiger partial charge in [0, 0.05) is 11.1 Å². The Kier molecular flexibility index (Phi) is 3.46. The molecule has 0 aromatic heterocycles. The van der Waals surface area contributed by atoms with Crippen molar-refractivity contribution in [3.63, 3.8) is 0 Å². The van der Waals surface area contributed by atoms with Gasteiger partial charge in [-0.15, -0.1) is 0 Å². The van der Waals surface area contributed by atoms with Gasteiger partial charge in [-0.25, -0.2) is 0 Å². The minimum Gasteiger partial charge on any atom is -0.496 e. The number of benzene rings is 2. The van der Waals surface area contributed by atoms with E-state index >= 15 is 0 Å². The van der Waals surface area contributed by atoms with Gasteiger partial charge in [0.15, 0.2) is 0 Å². The smallest absolute Gasteiger partial charge is 0.127 e. The normalized spacial score (nSPS) is 14.5. The summed E-state index contributed by atoms with van der Waals surface area (Å²) in [5.74, 6) is 1.81. The van der Waals surface area contributed by atoms with E-state index in [4.69, 9.17) is 9.47 Å². The summed E-state index contributed by atoms with van der Waals surface area (Å²) in [4.78, 5) is 0. The van der Waals surface area contributed by atoms with Crippen LogP contribution in [0.4, 0.5) is 0 Å². The van der Waals surface area contributed by atoms with Crippen molar-refractivity contribution in [3.05, 3.63) is 59.7 Å². The van der Waals surface area contributed by atoms with Crippen LogP contribution in [-0.4, -0.2) is 14.2 Å². The Labute approximate surface area is 119 Å². The molecular weight excluding hydrogens is 248 g/mol. The fourth-order valence-corrected chi connectivity index (χ4v) is 2.82. The average Bonchev–Trinajstić information content (AvgIpc) is 2.48. The summed E-state index contributed by atoms with van der Waals surface area (Å²) in [6, 6.07) is 12.4. The summed E-state index contributed by atoms with van der Waals surface area (Å²) in [5, 5.41) is 0. The molecule has 2 heteroatoms. The van der Waals surface area contributed by atoms with E-state index in [1.54, 1.807) is 14.2 Å². The molecule has 0 bridgehead atoms. The van der Waals surface area contributed by atoms with E-state index in [0.717, 1.165) is 35.5 Å². The van der Waals surface area contributed by atoms with Crippen molar-refractivity contribution in [1.82, 2.24) is 0 Å². The number of hydrogen-bond acceptors (Lipinski definition) is 2. The number of methoxy groups -OCH3 is 2. The lowest BCUT2D eigenvalue weighted by atomic mass is 9.89. The molecular formula is C18H18O2. The Morgan fingerprint density at radius 1 is 0.700 bits per heavy atom. The second kappa shape index (κ2) is 5.41. The molecule has 0 heterocycles. The van der Waals surface area contributed by atoms with Crippen molar-refractivity contribution in [2.45, 2.75) is 12.8 Å². The molecule has 1 aliphatic carbocycles.